The molecule has 0 radical (unpaired) electrons. The number of aliphatic hydroxyl groups excluding tert-OH is 1. The van der Waals surface area contributed by atoms with Gasteiger partial charge in [-0.15, -0.1) is 0 Å². The first-order valence-corrected chi connectivity index (χ1v) is 10.7. The largest absolute Gasteiger partial charge is 0.392 e. The quantitative estimate of drug-likeness (QED) is 0.630. The number of hydrogen-bond donors (Lipinski definition) is 3. The zero-order chi connectivity index (χ0) is 21.9. The van der Waals surface area contributed by atoms with Crippen molar-refractivity contribution in [1.29, 1.82) is 0 Å². The van der Waals surface area contributed by atoms with Gasteiger partial charge in [-0.3, -0.25) is 24.6 Å². The average molecular weight is 440 g/mol. The third-order valence-corrected chi connectivity index (χ3v) is 7.03. The van der Waals surface area contributed by atoms with E-state index in [1.165, 1.54) is 4.90 Å². The smallest absolute Gasteiger partial charge is 0.250 e. The van der Waals surface area contributed by atoms with Crippen LogP contribution in [0.1, 0.15) is 18.1 Å². The van der Waals surface area contributed by atoms with Crippen molar-refractivity contribution in [3.63, 3.8) is 0 Å². The normalized spacial score (nSPS) is 30.0. The highest BCUT2D eigenvalue weighted by Gasteiger charge is 2.71. The van der Waals surface area contributed by atoms with Crippen molar-refractivity contribution in [3.05, 3.63) is 64.7 Å². The Labute approximate surface area is 184 Å². The molecule has 2 aromatic carbocycles. The summed E-state index contributed by atoms with van der Waals surface area (Å²) in [5.41, 5.74) is 0.542. The van der Waals surface area contributed by atoms with E-state index in [4.69, 9.17) is 11.6 Å². The van der Waals surface area contributed by atoms with Gasteiger partial charge in [-0.1, -0.05) is 54.1 Å². The lowest BCUT2D eigenvalue weighted by Crippen LogP contribution is -2.54. The minimum absolute atomic E-state index is 0.224. The Bertz CT molecular complexity index is 1090. The second-order valence-corrected chi connectivity index (χ2v) is 8.81. The predicted molar refractivity (Wildman–Crippen MR) is 114 cm³/mol. The molecule has 0 aromatic heterocycles. The summed E-state index contributed by atoms with van der Waals surface area (Å²) in [7, 11) is 0. The molecule has 7 nitrogen and oxygen atoms in total. The third-order valence-electron chi connectivity index (χ3n) is 6.71. The van der Waals surface area contributed by atoms with Crippen LogP contribution in [0.5, 0.6) is 0 Å². The van der Waals surface area contributed by atoms with E-state index < -0.39 is 41.3 Å². The van der Waals surface area contributed by atoms with Gasteiger partial charge in [0, 0.05) is 18.2 Å². The molecule has 5 rings (SSSR count). The lowest BCUT2D eigenvalue weighted by molar-refractivity contribution is -0.143. The molecule has 2 aromatic rings. The molecule has 3 aliphatic rings. The summed E-state index contributed by atoms with van der Waals surface area (Å²) in [5, 5.41) is 16.7. The van der Waals surface area contributed by atoms with Crippen LogP contribution in [0.25, 0.3) is 0 Å². The summed E-state index contributed by atoms with van der Waals surface area (Å²) in [4.78, 5) is 41.4. The van der Waals surface area contributed by atoms with Crippen molar-refractivity contribution in [1.82, 2.24) is 10.2 Å². The van der Waals surface area contributed by atoms with Gasteiger partial charge in [0.15, 0.2) is 0 Å². The van der Waals surface area contributed by atoms with Crippen LogP contribution in [-0.2, 0) is 26.3 Å². The first kappa shape index (κ1) is 20.2. The Morgan fingerprint density at radius 2 is 1.84 bits per heavy atom. The first-order chi connectivity index (χ1) is 14.9. The molecule has 3 N–H and O–H groups in total. The third kappa shape index (κ3) is 2.77. The number of nitrogens with zero attached hydrogens (tertiary/aromatic N) is 1. The topological polar surface area (TPSA) is 98.7 Å². The summed E-state index contributed by atoms with van der Waals surface area (Å²) >= 11 is 6.30. The molecule has 31 heavy (non-hydrogen) atoms. The first-order valence-electron chi connectivity index (χ1n) is 10.3. The predicted octanol–water partition coefficient (Wildman–Crippen LogP) is 1.68. The highest BCUT2D eigenvalue weighted by atomic mass is 35.5. The van der Waals surface area contributed by atoms with E-state index >= 15 is 0 Å². The maximum absolute atomic E-state index is 13.6. The molecule has 3 heterocycles. The van der Waals surface area contributed by atoms with E-state index in [1.54, 1.807) is 25.1 Å². The maximum atomic E-state index is 13.6. The number of anilines is 1. The van der Waals surface area contributed by atoms with Crippen molar-refractivity contribution < 1.29 is 19.5 Å². The number of aliphatic hydroxyl groups is 1. The second kappa shape index (κ2) is 7.15. The van der Waals surface area contributed by atoms with Crippen molar-refractivity contribution >= 4 is 35.0 Å². The van der Waals surface area contributed by atoms with E-state index in [9.17, 15) is 19.5 Å². The number of benzene rings is 2. The number of para-hydroxylation sites is 1. The van der Waals surface area contributed by atoms with E-state index in [0.29, 0.717) is 22.7 Å². The lowest BCUT2D eigenvalue weighted by atomic mass is 9.76. The van der Waals surface area contributed by atoms with Crippen molar-refractivity contribution in [2.24, 2.45) is 11.8 Å². The lowest BCUT2D eigenvalue weighted by Gasteiger charge is -2.30. The fourth-order valence-corrected chi connectivity index (χ4v) is 5.53. The number of hydrogen-bond acceptors (Lipinski definition) is 5. The maximum Gasteiger partial charge on any atom is 0.250 e. The highest BCUT2D eigenvalue weighted by Crippen LogP contribution is 2.54. The molecule has 160 valence electrons. The minimum Gasteiger partial charge on any atom is -0.392 e. The summed E-state index contributed by atoms with van der Waals surface area (Å²) in [6, 6.07) is 14.0. The Morgan fingerprint density at radius 1 is 1.10 bits per heavy atom. The van der Waals surface area contributed by atoms with Gasteiger partial charge in [0.05, 0.1) is 28.6 Å². The van der Waals surface area contributed by atoms with Crippen molar-refractivity contribution in [2.75, 3.05) is 11.9 Å². The number of amides is 3. The molecule has 0 bridgehead atoms. The van der Waals surface area contributed by atoms with E-state index in [1.807, 2.05) is 30.3 Å². The van der Waals surface area contributed by atoms with E-state index in [2.05, 4.69) is 10.6 Å². The Kier molecular flexibility index (Phi) is 4.66. The van der Waals surface area contributed by atoms with Crippen molar-refractivity contribution in [3.8, 4) is 0 Å². The number of halogens is 1. The van der Waals surface area contributed by atoms with Crippen LogP contribution in [0.2, 0.25) is 5.02 Å². The van der Waals surface area contributed by atoms with Crippen LogP contribution < -0.4 is 10.6 Å². The number of rotatable bonds is 4. The molecule has 3 aliphatic heterocycles. The molecule has 0 aliphatic carbocycles. The van der Waals surface area contributed by atoms with Crippen LogP contribution in [0, 0.1) is 11.8 Å². The van der Waals surface area contributed by atoms with Gasteiger partial charge in [0.1, 0.15) is 5.54 Å². The van der Waals surface area contributed by atoms with Gasteiger partial charge < -0.3 is 10.4 Å². The van der Waals surface area contributed by atoms with Gasteiger partial charge in [0.2, 0.25) is 17.7 Å². The standard InChI is InChI=1S/C23H22ClN3O4/c1-12(28)18-16-17(21(30)27(20(16)29)11-10-13-6-3-2-4-7-13)23(26-18)14-8-5-9-15(24)19(14)25-22(23)31/h2-9,12,16-18,26,28H,10-11H2,1H3,(H,25,31)/t12-,16-,17-,18+,23+/m0/s1. The van der Waals surface area contributed by atoms with Gasteiger partial charge >= 0.3 is 0 Å². The number of fused-ring (bicyclic) bond motifs is 4. The molecule has 0 saturated carbocycles. The molecular formula is C23H22ClN3O4. The molecular weight excluding hydrogens is 418 g/mol. The number of nitrogens with one attached hydrogen (secondary N) is 2. The summed E-state index contributed by atoms with van der Waals surface area (Å²) in [5.74, 6) is -2.97. The van der Waals surface area contributed by atoms with Gasteiger partial charge in [-0.05, 0) is 25.0 Å². The fraction of sp³-hybridized carbons (Fsp3) is 0.348. The van der Waals surface area contributed by atoms with Crippen LogP contribution >= 0.6 is 11.6 Å². The Balaban J connectivity index is 1.56. The van der Waals surface area contributed by atoms with Gasteiger partial charge in [-0.25, -0.2) is 0 Å². The Morgan fingerprint density at radius 3 is 2.55 bits per heavy atom. The SMILES string of the molecule is C[C@H](O)[C@H]1N[C@@]2(C(=O)Nc3c(Cl)cccc32)[C@@H]2C(=O)N(CCc3ccccc3)C(=O)[C@H]12. The molecule has 2 saturated heterocycles. The number of carbonyl (C=O) groups is 3. The average Bonchev–Trinajstić information content (AvgIpc) is 3.34. The monoisotopic (exact) mass is 439 g/mol. The summed E-state index contributed by atoms with van der Waals surface area (Å²) in [6.07, 6.45) is -0.416. The fourth-order valence-electron chi connectivity index (χ4n) is 5.30. The van der Waals surface area contributed by atoms with Crippen LogP contribution in [0.3, 0.4) is 0 Å². The van der Waals surface area contributed by atoms with Crippen molar-refractivity contribution in [2.45, 2.75) is 31.0 Å². The molecule has 1 spiro atoms. The summed E-state index contributed by atoms with van der Waals surface area (Å²) in [6.45, 7) is 1.78. The molecule has 0 unspecified atom stereocenters. The molecule has 5 atom stereocenters. The molecule has 2 fully saturated rings. The second-order valence-electron chi connectivity index (χ2n) is 8.40. The molecule has 8 heteroatoms. The Hall–Kier alpha value is -2.74. The van der Waals surface area contributed by atoms with Crippen LogP contribution in [0.15, 0.2) is 48.5 Å². The molecule has 3 amide bonds. The zero-order valence-corrected chi connectivity index (χ0v) is 17.6. The van der Waals surface area contributed by atoms with Gasteiger partial charge in [-0.2, -0.15) is 0 Å². The number of likely N-dealkylation sites (tertiary alicyclic amines) is 1. The van der Waals surface area contributed by atoms with E-state index in [0.717, 1.165) is 5.56 Å². The number of carbonyl (C=O) groups excluding carboxylic acids is 3. The summed E-state index contributed by atoms with van der Waals surface area (Å²) < 4.78 is 0. The highest BCUT2D eigenvalue weighted by molar-refractivity contribution is 6.35. The van der Waals surface area contributed by atoms with Crippen LogP contribution in [-0.4, -0.2) is 46.4 Å². The van der Waals surface area contributed by atoms with E-state index in [-0.39, 0.29) is 12.5 Å². The number of imide groups is 1. The van der Waals surface area contributed by atoms with Gasteiger partial charge in [0.25, 0.3) is 0 Å². The zero-order valence-electron chi connectivity index (χ0n) is 16.8. The minimum atomic E-state index is -1.44. The van der Waals surface area contributed by atoms with Crippen LogP contribution in [0.4, 0.5) is 5.69 Å².